The second-order valence-corrected chi connectivity index (χ2v) is 7.25. The van der Waals surface area contributed by atoms with E-state index in [4.69, 9.17) is 4.74 Å². The topological polar surface area (TPSA) is 59.4 Å². The van der Waals surface area contributed by atoms with Crippen molar-refractivity contribution >= 4 is 5.91 Å². The van der Waals surface area contributed by atoms with Gasteiger partial charge in [-0.15, -0.1) is 0 Å². The molecule has 3 heterocycles. The summed E-state index contributed by atoms with van der Waals surface area (Å²) < 4.78 is 7.23. The zero-order valence-electron chi connectivity index (χ0n) is 15.3. The number of aromatic nitrogens is 2. The SMILES string of the molecule is Cn1ccc(C(=O)NC2CCN(CCc3ccc4c(c3)CCO4)CC2)n1. The fourth-order valence-electron chi connectivity index (χ4n) is 3.78. The summed E-state index contributed by atoms with van der Waals surface area (Å²) in [6, 6.07) is 8.59. The van der Waals surface area contributed by atoms with Crippen LogP contribution in [0.2, 0.25) is 0 Å². The van der Waals surface area contributed by atoms with Gasteiger partial charge in [0.1, 0.15) is 11.4 Å². The molecule has 0 spiro atoms. The predicted octanol–water partition coefficient (Wildman–Crippen LogP) is 1.79. The maximum absolute atomic E-state index is 12.2. The lowest BCUT2D eigenvalue weighted by molar-refractivity contribution is 0.0905. The summed E-state index contributed by atoms with van der Waals surface area (Å²) in [4.78, 5) is 14.7. The highest BCUT2D eigenvalue weighted by Crippen LogP contribution is 2.26. The molecular weight excluding hydrogens is 328 g/mol. The van der Waals surface area contributed by atoms with Crippen LogP contribution < -0.4 is 10.1 Å². The van der Waals surface area contributed by atoms with Crippen molar-refractivity contribution in [2.24, 2.45) is 7.05 Å². The molecule has 2 aliphatic rings. The molecule has 4 rings (SSSR count). The number of nitrogens with one attached hydrogen (secondary N) is 1. The zero-order chi connectivity index (χ0) is 17.9. The van der Waals surface area contributed by atoms with Gasteiger partial charge in [0.2, 0.25) is 0 Å². The van der Waals surface area contributed by atoms with Crippen LogP contribution in [0.15, 0.2) is 30.5 Å². The van der Waals surface area contributed by atoms with Gasteiger partial charge in [-0.25, -0.2) is 0 Å². The van der Waals surface area contributed by atoms with Crippen LogP contribution in [0.25, 0.3) is 0 Å². The minimum atomic E-state index is -0.0654. The van der Waals surface area contributed by atoms with Gasteiger partial charge in [-0.05, 0) is 42.5 Å². The molecule has 0 bridgehead atoms. The zero-order valence-corrected chi connectivity index (χ0v) is 15.3. The molecule has 0 aliphatic carbocycles. The van der Waals surface area contributed by atoms with Crippen LogP contribution in [0.3, 0.4) is 0 Å². The number of ether oxygens (including phenoxy) is 1. The highest BCUT2D eigenvalue weighted by Gasteiger charge is 2.22. The molecule has 1 aromatic carbocycles. The maximum Gasteiger partial charge on any atom is 0.271 e. The van der Waals surface area contributed by atoms with Crippen LogP contribution in [0.5, 0.6) is 5.75 Å². The lowest BCUT2D eigenvalue weighted by Gasteiger charge is -2.32. The molecule has 1 fully saturated rings. The fraction of sp³-hybridized carbons (Fsp3) is 0.500. The maximum atomic E-state index is 12.2. The number of carbonyl (C=O) groups excluding carboxylic acids is 1. The Kier molecular flexibility index (Phi) is 4.93. The van der Waals surface area contributed by atoms with Gasteiger partial charge in [-0.3, -0.25) is 9.48 Å². The van der Waals surface area contributed by atoms with E-state index in [1.807, 2.05) is 7.05 Å². The fourth-order valence-corrected chi connectivity index (χ4v) is 3.78. The number of hydrogen-bond donors (Lipinski definition) is 1. The molecule has 0 atom stereocenters. The molecule has 2 aliphatic heterocycles. The summed E-state index contributed by atoms with van der Waals surface area (Å²) in [7, 11) is 1.82. The quantitative estimate of drug-likeness (QED) is 0.889. The van der Waals surface area contributed by atoms with E-state index in [0.717, 1.165) is 57.7 Å². The Morgan fingerprint density at radius 2 is 2.15 bits per heavy atom. The first-order valence-corrected chi connectivity index (χ1v) is 9.45. The van der Waals surface area contributed by atoms with Gasteiger partial charge < -0.3 is 15.0 Å². The predicted molar refractivity (Wildman–Crippen MR) is 99.5 cm³/mol. The summed E-state index contributed by atoms with van der Waals surface area (Å²) in [5.41, 5.74) is 3.23. The third kappa shape index (κ3) is 3.90. The standard InChI is InChI=1S/C20H26N4O2/c1-23-9-7-18(22-23)20(25)21-17-5-11-24(12-6-17)10-4-15-2-3-19-16(14-15)8-13-26-19/h2-3,7,9,14,17H,4-6,8,10-13H2,1H3,(H,21,25). The van der Waals surface area contributed by atoms with E-state index in [-0.39, 0.29) is 11.9 Å². The third-order valence-corrected chi connectivity index (χ3v) is 5.34. The van der Waals surface area contributed by atoms with E-state index in [2.05, 4.69) is 33.5 Å². The van der Waals surface area contributed by atoms with Gasteiger partial charge in [0.15, 0.2) is 0 Å². The van der Waals surface area contributed by atoms with Crippen LogP contribution in [0.1, 0.15) is 34.5 Å². The smallest absolute Gasteiger partial charge is 0.271 e. The molecule has 1 N–H and O–H groups in total. The van der Waals surface area contributed by atoms with Crippen molar-refractivity contribution < 1.29 is 9.53 Å². The number of nitrogens with zero attached hydrogens (tertiary/aromatic N) is 3. The van der Waals surface area contributed by atoms with E-state index in [0.29, 0.717) is 5.69 Å². The number of aryl methyl sites for hydroxylation is 1. The Labute approximate surface area is 154 Å². The summed E-state index contributed by atoms with van der Waals surface area (Å²) in [5.74, 6) is 0.989. The highest BCUT2D eigenvalue weighted by atomic mass is 16.5. The Hall–Kier alpha value is -2.34. The molecule has 0 unspecified atom stereocenters. The Morgan fingerprint density at radius 3 is 2.92 bits per heavy atom. The van der Waals surface area contributed by atoms with Gasteiger partial charge >= 0.3 is 0 Å². The first-order chi connectivity index (χ1) is 12.7. The number of fused-ring (bicyclic) bond motifs is 1. The number of carbonyl (C=O) groups is 1. The minimum absolute atomic E-state index is 0.0654. The van der Waals surface area contributed by atoms with Crippen molar-refractivity contribution in [2.75, 3.05) is 26.2 Å². The molecule has 0 saturated carbocycles. The second kappa shape index (κ2) is 7.50. The number of amides is 1. The molecule has 138 valence electrons. The van der Waals surface area contributed by atoms with Crippen LogP contribution in [-0.4, -0.2) is 52.9 Å². The van der Waals surface area contributed by atoms with Crippen molar-refractivity contribution in [3.63, 3.8) is 0 Å². The van der Waals surface area contributed by atoms with E-state index < -0.39 is 0 Å². The average molecular weight is 354 g/mol. The van der Waals surface area contributed by atoms with Gasteiger partial charge in [0, 0.05) is 45.3 Å². The first-order valence-electron chi connectivity index (χ1n) is 9.45. The lowest BCUT2D eigenvalue weighted by Crippen LogP contribution is -2.45. The summed E-state index contributed by atoms with van der Waals surface area (Å²) in [5, 5.41) is 7.28. The number of hydrogen-bond acceptors (Lipinski definition) is 4. The van der Waals surface area contributed by atoms with Crippen LogP contribution in [-0.2, 0) is 19.9 Å². The van der Waals surface area contributed by atoms with Crippen molar-refractivity contribution in [1.82, 2.24) is 20.0 Å². The molecule has 6 nitrogen and oxygen atoms in total. The highest BCUT2D eigenvalue weighted by molar-refractivity contribution is 5.92. The molecule has 1 saturated heterocycles. The normalized spacial score (nSPS) is 17.7. The van der Waals surface area contributed by atoms with Crippen molar-refractivity contribution in [1.29, 1.82) is 0 Å². The molecule has 2 aromatic rings. The number of piperidine rings is 1. The van der Waals surface area contributed by atoms with E-state index >= 15 is 0 Å². The van der Waals surface area contributed by atoms with Gasteiger partial charge in [0.05, 0.1) is 6.61 Å². The lowest BCUT2D eigenvalue weighted by atomic mass is 10.0. The number of rotatable bonds is 5. The minimum Gasteiger partial charge on any atom is -0.493 e. The van der Waals surface area contributed by atoms with Crippen LogP contribution >= 0.6 is 0 Å². The number of benzene rings is 1. The van der Waals surface area contributed by atoms with Crippen molar-refractivity contribution in [2.45, 2.75) is 31.7 Å². The monoisotopic (exact) mass is 354 g/mol. The van der Waals surface area contributed by atoms with Crippen LogP contribution in [0, 0.1) is 0 Å². The first kappa shape index (κ1) is 17.1. The Morgan fingerprint density at radius 1 is 1.31 bits per heavy atom. The largest absolute Gasteiger partial charge is 0.493 e. The van der Waals surface area contributed by atoms with Gasteiger partial charge in [0.25, 0.3) is 5.91 Å². The van der Waals surface area contributed by atoms with Gasteiger partial charge in [-0.2, -0.15) is 5.10 Å². The van der Waals surface area contributed by atoms with Crippen LogP contribution in [0.4, 0.5) is 0 Å². The molecule has 0 radical (unpaired) electrons. The molecular formula is C20H26N4O2. The van der Waals surface area contributed by atoms with Crippen molar-refractivity contribution in [3.05, 3.63) is 47.3 Å². The van der Waals surface area contributed by atoms with Gasteiger partial charge in [-0.1, -0.05) is 12.1 Å². The molecule has 6 heteroatoms. The molecule has 26 heavy (non-hydrogen) atoms. The number of likely N-dealkylation sites (tertiary alicyclic amines) is 1. The van der Waals surface area contributed by atoms with E-state index in [1.165, 1.54) is 11.1 Å². The Bertz CT molecular complexity index is 778. The van der Waals surface area contributed by atoms with Crippen molar-refractivity contribution in [3.8, 4) is 5.75 Å². The summed E-state index contributed by atoms with van der Waals surface area (Å²) >= 11 is 0. The second-order valence-electron chi connectivity index (χ2n) is 7.25. The summed E-state index contributed by atoms with van der Waals surface area (Å²) in [6.07, 6.45) is 5.89. The van der Waals surface area contributed by atoms with E-state index in [9.17, 15) is 4.79 Å². The van der Waals surface area contributed by atoms with E-state index in [1.54, 1.807) is 16.9 Å². The average Bonchev–Trinajstić information content (AvgIpc) is 3.29. The molecule has 1 amide bonds. The third-order valence-electron chi connectivity index (χ3n) is 5.34. The Balaban J connectivity index is 1.22. The summed E-state index contributed by atoms with van der Waals surface area (Å²) in [6.45, 7) is 3.94. The molecule has 1 aromatic heterocycles.